The fraction of sp³-hybridized carbons (Fsp3) is 0.474. The first-order valence-electron chi connectivity index (χ1n) is 9.10. The van der Waals surface area contributed by atoms with E-state index < -0.39 is 6.04 Å². The zero-order valence-electron chi connectivity index (χ0n) is 15.7. The Morgan fingerprint density at radius 2 is 1.96 bits per heavy atom. The minimum absolute atomic E-state index is 0.0174. The lowest BCUT2D eigenvalue weighted by atomic mass is 9.98. The van der Waals surface area contributed by atoms with Crippen LogP contribution < -0.4 is 15.5 Å². The summed E-state index contributed by atoms with van der Waals surface area (Å²) in [6.45, 7) is 5.57. The van der Waals surface area contributed by atoms with Gasteiger partial charge in [-0.1, -0.05) is 12.1 Å². The highest BCUT2D eigenvalue weighted by Crippen LogP contribution is 2.31. The maximum Gasteiger partial charge on any atom is 0.332 e. The Morgan fingerprint density at radius 3 is 2.63 bits per heavy atom. The molecule has 8 heteroatoms. The summed E-state index contributed by atoms with van der Waals surface area (Å²) in [6.07, 6.45) is 0.960. The Labute approximate surface area is 157 Å². The molecule has 2 atom stereocenters. The first-order valence-corrected chi connectivity index (χ1v) is 9.10. The summed E-state index contributed by atoms with van der Waals surface area (Å²) in [5.74, 6) is -0.453. The summed E-state index contributed by atoms with van der Waals surface area (Å²) in [4.78, 5) is 51.8. The molecule has 2 N–H and O–H groups in total. The number of nitrogens with one attached hydrogen (secondary N) is 2. The largest absolute Gasteiger partial charge is 0.336 e. The van der Waals surface area contributed by atoms with Gasteiger partial charge in [-0.3, -0.25) is 9.59 Å². The fourth-order valence-electron chi connectivity index (χ4n) is 3.52. The predicted octanol–water partition coefficient (Wildman–Crippen LogP) is 1.90. The zero-order valence-corrected chi connectivity index (χ0v) is 15.7. The van der Waals surface area contributed by atoms with Crippen molar-refractivity contribution in [2.75, 3.05) is 11.4 Å². The fourth-order valence-corrected chi connectivity index (χ4v) is 3.52. The van der Waals surface area contributed by atoms with Gasteiger partial charge in [0, 0.05) is 24.2 Å². The summed E-state index contributed by atoms with van der Waals surface area (Å²) < 4.78 is 0. The van der Waals surface area contributed by atoms with Gasteiger partial charge in [-0.05, 0) is 45.7 Å². The van der Waals surface area contributed by atoms with Gasteiger partial charge in [0.15, 0.2) is 5.78 Å². The lowest BCUT2D eigenvalue weighted by molar-refractivity contribution is -0.120. The van der Waals surface area contributed by atoms with Gasteiger partial charge >= 0.3 is 12.1 Å². The third-order valence-electron chi connectivity index (χ3n) is 4.81. The SMILES string of the molecule is CC(=O)c1cccc(N2C(=O)[C@@H]3C[C@@H](NC(=O)NC(C)C)CCN3C2=O)c1. The van der Waals surface area contributed by atoms with E-state index in [1.165, 1.54) is 6.92 Å². The molecule has 0 bridgehead atoms. The van der Waals surface area contributed by atoms with Gasteiger partial charge in [-0.2, -0.15) is 0 Å². The summed E-state index contributed by atoms with van der Waals surface area (Å²) in [5.41, 5.74) is 0.844. The highest BCUT2D eigenvalue weighted by atomic mass is 16.2. The monoisotopic (exact) mass is 372 g/mol. The highest BCUT2D eigenvalue weighted by Gasteiger charge is 2.48. The molecule has 2 saturated heterocycles. The molecule has 0 aromatic heterocycles. The van der Waals surface area contributed by atoms with E-state index in [4.69, 9.17) is 0 Å². The molecule has 1 aromatic carbocycles. The molecule has 0 unspecified atom stereocenters. The molecule has 8 nitrogen and oxygen atoms in total. The number of benzene rings is 1. The van der Waals surface area contributed by atoms with Crippen LogP contribution in [0, 0.1) is 0 Å². The number of carbonyl (C=O) groups is 4. The number of urea groups is 2. The van der Waals surface area contributed by atoms with Crippen LogP contribution in [0.15, 0.2) is 24.3 Å². The van der Waals surface area contributed by atoms with Gasteiger partial charge < -0.3 is 15.5 Å². The number of amides is 5. The van der Waals surface area contributed by atoms with Crippen molar-refractivity contribution < 1.29 is 19.2 Å². The molecule has 3 rings (SSSR count). The molecule has 27 heavy (non-hydrogen) atoms. The Kier molecular flexibility index (Phi) is 5.16. The van der Waals surface area contributed by atoms with E-state index in [0.717, 1.165) is 4.90 Å². The molecule has 2 fully saturated rings. The number of Topliss-reactive ketones (excluding diaryl/α,β-unsaturated/α-hetero) is 1. The maximum atomic E-state index is 12.9. The topological polar surface area (TPSA) is 98.8 Å². The normalized spacial score (nSPS) is 22.1. The highest BCUT2D eigenvalue weighted by molar-refractivity contribution is 6.21. The first-order chi connectivity index (χ1) is 12.8. The van der Waals surface area contributed by atoms with Gasteiger partial charge in [0.2, 0.25) is 0 Å². The van der Waals surface area contributed by atoms with Crippen LogP contribution in [0.1, 0.15) is 44.0 Å². The second-order valence-corrected chi connectivity index (χ2v) is 7.27. The van der Waals surface area contributed by atoms with Crippen LogP contribution in [0.4, 0.5) is 15.3 Å². The third-order valence-corrected chi connectivity index (χ3v) is 4.81. The number of anilines is 1. The van der Waals surface area contributed by atoms with E-state index in [2.05, 4.69) is 10.6 Å². The number of hydrogen-bond acceptors (Lipinski definition) is 4. The van der Waals surface area contributed by atoms with E-state index in [1.54, 1.807) is 29.2 Å². The lowest BCUT2D eigenvalue weighted by Crippen LogP contribution is -2.52. The molecule has 0 spiro atoms. The second-order valence-electron chi connectivity index (χ2n) is 7.27. The standard InChI is InChI=1S/C19H24N4O4/c1-11(2)20-18(26)21-14-7-8-22-16(10-14)17(25)23(19(22)27)15-6-4-5-13(9-15)12(3)24/h4-6,9,11,14,16H,7-8,10H2,1-3H3,(H2,20,21,26)/t14-,16-/m0/s1. The average molecular weight is 372 g/mol. The Balaban J connectivity index is 1.75. The average Bonchev–Trinajstić information content (AvgIpc) is 2.85. The summed E-state index contributed by atoms with van der Waals surface area (Å²) in [5, 5.41) is 5.64. The van der Waals surface area contributed by atoms with Gasteiger partial charge in [0.05, 0.1) is 5.69 Å². The molecule has 2 aliphatic rings. The number of piperidine rings is 1. The van der Waals surface area contributed by atoms with Crippen LogP contribution in [0.25, 0.3) is 0 Å². The van der Waals surface area contributed by atoms with Gasteiger partial charge in [-0.15, -0.1) is 0 Å². The molecular formula is C19H24N4O4. The number of fused-ring (bicyclic) bond motifs is 1. The number of carbonyl (C=O) groups excluding carboxylic acids is 4. The van der Waals surface area contributed by atoms with Crippen molar-refractivity contribution in [3.8, 4) is 0 Å². The molecule has 144 valence electrons. The molecule has 0 saturated carbocycles. The predicted molar refractivity (Wildman–Crippen MR) is 99.6 cm³/mol. The smallest absolute Gasteiger partial charge is 0.332 e. The summed E-state index contributed by atoms with van der Waals surface area (Å²) >= 11 is 0. The first kappa shape index (κ1) is 18.9. The Morgan fingerprint density at radius 1 is 1.22 bits per heavy atom. The van der Waals surface area contributed by atoms with Crippen molar-refractivity contribution in [1.29, 1.82) is 0 Å². The number of hydrogen-bond donors (Lipinski definition) is 2. The van der Waals surface area contributed by atoms with Crippen LogP contribution in [-0.4, -0.2) is 53.3 Å². The van der Waals surface area contributed by atoms with Gasteiger partial charge in [0.25, 0.3) is 5.91 Å². The number of nitrogens with zero attached hydrogens (tertiary/aromatic N) is 2. The van der Waals surface area contributed by atoms with E-state index in [1.807, 2.05) is 13.8 Å². The summed E-state index contributed by atoms with van der Waals surface area (Å²) in [6, 6.07) is 5.10. The van der Waals surface area contributed by atoms with Crippen LogP contribution in [0.3, 0.4) is 0 Å². The molecule has 1 aromatic rings. The van der Waals surface area contributed by atoms with Crippen molar-refractivity contribution >= 4 is 29.4 Å². The van der Waals surface area contributed by atoms with E-state index >= 15 is 0 Å². The Bertz CT molecular complexity index is 792. The number of ketones is 1. The minimum atomic E-state index is -0.600. The molecule has 2 heterocycles. The van der Waals surface area contributed by atoms with Crippen molar-refractivity contribution in [2.45, 2.75) is 51.7 Å². The van der Waals surface area contributed by atoms with Crippen LogP contribution in [0.5, 0.6) is 0 Å². The summed E-state index contributed by atoms with van der Waals surface area (Å²) in [7, 11) is 0. The van der Waals surface area contributed by atoms with Crippen LogP contribution in [0.2, 0.25) is 0 Å². The molecule has 0 radical (unpaired) electrons. The third kappa shape index (κ3) is 3.79. The van der Waals surface area contributed by atoms with Gasteiger partial charge in [0.1, 0.15) is 6.04 Å². The number of imide groups is 1. The second kappa shape index (κ2) is 7.38. The van der Waals surface area contributed by atoms with E-state index in [9.17, 15) is 19.2 Å². The minimum Gasteiger partial charge on any atom is -0.336 e. The lowest BCUT2D eigenvalue weighted by Gasteiger charge is -2.32. The maximum absolute atomic E-state index is 12.9. The van der Waals surface area contributed by atoms with Crippen molar-refractivity contribution in [3.63, 3.8) is 0 Å². The van der Waals surface area contributed by atoms with E-state index in [0.29, 0.717) is 30.6 Å². The molecule has 5 amide bonds. The number of rotatable bonds is 4. The molecule has 2 aliphatic heterocycles. The van der Waals surface area contributed by atoms with Crippen molar-refractivity contribution in [3.05, 3.63) is 29.8 Å². The Hall–Kier alpha value is -2.90. The van der Waals surface area contributed by atoms with Gasteiger partial charge in [-0.25, -0.2) is 14.5 Å². The quantitative estimate of drug-likeness (QED) is 0.623. The van der Waals surface area contributed by atoms with Crippen molar-refractivity contribution in [1.82, 2.24) is 15.5 Å². The van der Waals surface area contributed by atoms with Crippen LogP contribution >= 0.6 is 0 Å². The molecular weight excluding hydrogens is 348 g/mol. The van der Waals surface area contributed by atoms with Crippen LogP contribution in [-0.2, 0) is 4.79 Å². The zero-order chi connectivity index (χ0) is 19.7. The molecule has 0 aliphatic carbocycles. The van der Waals surface area contributed by atoms with Crippen molar-refractivity contribution in [2.24, 2.45) is 0 Å². The van der Waals surface area contributed by atoms with E-state index in [-0.39, 0.29) is 35.8 Å².